The zero-order valence-corrected chi connectivity index (χ0v) is 10.1. The molecule has 0 aromatic rings. The summed E-state index contributed by atoms with van der Waals surface area (Å²) in [6, 6.07) is 0. The summed E-state index contributed by atoms with van der Waals surface area (Å²) in [5.41, 5.74) is 0. The van der Waals surface area contributed by atoms with Crippen molar-refractivity contribution in [1.29, 1.82) is 0 Å². The van der Waals surface area contributed by atoms with Crippen LogP contribution in [0.15, 0.2) is 0 Å². The van der Waals surface area contributed by atoms with Gasteiger partial charge in [-0.05, 0) is 25.9 Å². The van der Waals surface area contributed by atoms with Crippen molar-refractivity contribution in [2.75, 3.05) is 52.5 Å². The van der Waals surface area contributed by atoms with Crippen molar-refractivity contribution in [1.82, 2.24) is 10.2 Å². The second kappa shape index (κ2) is 12.9. The van der Waals surface area contributed by atoms with E-state index in [-0.39, 0.29) is 19.8 Å². The van der Waals surface area contributed by atoms with Crippen LogP contribution in [0.2, 0.25) is 0 Å². The van der Waals surface area contributed by atoms with Crippen LogP contribution < -0.4 is 5.32 Å². The molecule has 1 aliphatic heterocycles. The first-order valence-corrected chi connectivity index (χ1v) is 6.10. The van der Waals surface area contributed by atoms with Gasteiger partial charge in [0.2, 0.25) is 0 Å². The summed E-state index contributed by atoms with van der Waals surface area (Å²) in [4.78, 5) is 1.79. The second-order valence-electron chi connectivity index (χ2n) is 3.82. The number of rotatable bonds is 6. The molecule has 5 heteroatoms. The maximum atomic E-state index is 8.48. The van der Waals surface area contributed by atoms with Crippen molar-refractivity contribution in [3.8, 4) is 0 Å². The summed E-state index contributed by atoms with van der Waals surface area (Å²) in [7, 11) is 0. The van der Waals surface area contributed by atoms with E-state index in [1.54, 1.807) is 4.90 Å². The summed E-state index contributed by atoms with van der Waals surface area (Å²) < 4.78 is 0. The number of piperidine rings is 1. The molecule has 0 atom stereocenters. The average Bonchev–Trinajstić information content (AvgIpc) is 2.33. The third-order valence-electron chi connectivity index (χ3n) is 2.46. The van der Waals surface area contributed by atoms with Crippen LogP contribution in [0.4, 0.5) is 0 Å². The lowest BCUT2D eigenvalue weighted by Gasteiger charge is -2.17. The van der Waals surface area contributed by atoms with Gasteiger partial charge in [-0.3, -0.25) is 4.90 Å². The Morgan fingerprint density at radius 3 is 1.38 bits per heavy atom. The highest BCUT2D eigenvalue weighted by atomic mass is 16.3. The first-order valence-electron chi connectivity index (χ1n) is 6.10. The number of aliphatic hydroxyl groups excluding tert-OH is 3. The van der Waals surface area contributed by atoms with Gasteiger partial charge in [0.1, 0.15) is 0 Å². The third-order valence-corrected chi connectivity index (χ3v) is 2.46. The quantitative estimate of drug-likeness (QED) is 0.475. The predicted octanol–water partition coefficient (Wildman–Crippen LogP) is -0.975. The van der Waals surface area contributed by atoms with Gasteiger partial charge in [0.15, 0.2) is 0 Å². The molecule has 0 saturated carbocycles. The highest BCUT2D eigenvalue weighted by Crippen LogP contribution is 1.96. The van der Waals surface area contributed by atoms with Gasteiger partial charge < -0.3 is 20.6 Å². The van der Waals surface area contributed by atoms with E-state index >= 15 is 0 Å². The molecule has 1 heterocycles. The molecular formula is C11H26N2O3. The fraction of sp³-hybridized carbons (Fsp3) is 1.00. The fourth-order valence-corrected chi connectivity index (χ4v) is 1.56. The molecule has 0 aromatic heterocycles. The molecule has 4 N–H and O–H groups in total. The number of aliphatic hydroxyl groups is 3. The van der Waals surface area contributed by atoms with E-state index in [2.05, 4.69) is 5.32 Å². The van der Waals surface area contributed by atoms with Crippen molar-refractivity contribution in [2.24, 2.45) is 0 Å². The number of nitrogens with one attached hydrogen (secondary N) is 1. The molecule has 1 rings (SSSR count). The Labute approximate surface area is 98.1 Å². The van der Waals surface area contributed by atoms with Gasteiger partial charge in [-0.1, -0.05) is 6.42 Å². The van der Waals surface area contributed by atoms with Crippen LogP contribution in [0.5, 0.6) is 0 Å². The highest BCUT2D eigenvalue weighted by Gasteiger charge is 2.00. The van der Waals surface area contributed by atoms with Gasteiger partial charge >= 0.3 is 0 Å². The molecule has 0 spiro atoms. The molecule has 0 aromatic carbocycles. The molecule has 1 saturated heterocycles. The van der Waals surface area contributed by atoms with Gasteiger partial charge in [0.05, 0.1) is 19.8 Å². The third kappa shape index (κ3) is 10.3. The molecule has 0 radical (unpaired) electrons. The smallest absolute Gasteiger partial charge is 0.0558 e. The van der Waals surface area contributed by atoms with Crippen molar-refractivity contribution < 1.29 is 15.3 Å². The van der Waals surface area contributed by atoms with Crippen LogP contribution in [0.1, 0.15) is 19.3 Å². The molecule has 98 valence electrons. The van der Waals surface area contributed by atoms with E-state index in [0.717, 1.165) is 0 Å². The zero-order chi connectivity index (χ0) is 12.1. The van der Waals surface area contributed by atoms with Crippen LogP contribution in [0.3, 0.4) is 0 Å². The molecule has 0 unspecified atom stereocenters. The largest absolute Gasteiger partial charge is 0.395 e. The first kappa shape index (κ1) is 15.8. The topological polar surface area (TPSA) is 76.0 Å². The molecule has 5 nitrogen and oxygen atoms in total. The number of nitrogens with zero attached hydrogens (tertiary/aromatic N) is 1. The number of hydrogen-bond donors (Lipinski definition) is 4. The molecule has 1 fully saturated rings. The summed E-state index contributed by atoms with van der Waals surface area (Å²) in [5.74, 6) is 0. The summed E-state index contributed by atoms with van der Waals surface area (Å²) in [6.07, 6.45) is 4.22. The number of hydrogen-bond acceptors (Lipinski definition) is 5. The van der Waals surface area contributed by atoms with Gasteiger partial charge in [0.25, 0.3) is 0 Å². The van der Waals surface area contributed by atoms with Gasteiger partial charge in [-0.2, -0.15) is 0 Å². The minimum Gasteiger partial charge on any atom is -0.395 e. The Bertz CT molecular complexity index is 107. The Hall–Kier alpha value is -0.200. The van der Waals surface area contributed by atoms with Crippen LogP contribution in [0, 0.1) is 0 Å². The zero-order valence-electron chi connectivity index (χ0n) is 10.1. The van der Waals surface area contributed by atoms with Gasteiger partial charge in [-0.25, -0.2) is 0 Å². The van der Waals surface area contributed by atoms with E-state index in [4.69, 9.17) is 15.3 Å². The summed E-state index contributed by atoms with van der Waals surface area (Å²) in [5, 5.41) is 28.7. The van der Waals surface area contributed by atoms with Crippen LogP contribution >= 0.6 is 0 Å². The standard InChI is InChI=1S/C6H15NO3.C5H11N/c8-4-1-7(2-5-9)3-6-10;1-2-4-6-5-3-1/h8-10H,1-6H2;6H,1-5H2. The van der Waals surface area contributed by atoms with Crippen molar-refractivity contribution in [2.45, 2.75) is 19.3 Å². The molecule has 0 aliphatic carbocycles. The lowest BCUT2D eigenvalue weighted by molar-refractivity contribution is 0.136. The minimum atomic E-state index is 0.0694. The first-order chi connectivity index (χ1) is 7.85. The van der Waals surface area contributed by atoms with Crippen LogP contribution in [-0.4, -0.2) is 72.8 Å². The molecule has 16 heavy (non-hydrogen) atoms. The monoisotopic (exact) mass is 234 g/mol. The van der Waals surface area contributed by atoms with E-state index in [0.29, 0.717) is 19.6 Å². The summed E-state index contributed by atoms with van der Waals surface area (Å²) in [6.45, 7) is 4.25. The van der Waals surface area contributed by atoms with Crippen LogP contribution in [-0.2, 0) is 0 Å². The minimum absolute atomic E-state index is 0.0694. The van der Waals surface area contributed by atoms with Crippen LogP contribution in [0.25, 0.3) is 0 Å². The second-order valence-corrected chi connectivity index (χ2v) is 3.82. The fourth-order valence-electron chi connectivity index (χ4n) is 1.56. The lowest BCUT2D eigenvalue weighted by Crippen LogP contribution is -2.32. The Kier molecular flexibility index (Phi) is 12.7. The van der Waals surface area contributed by atoms with E-state index in [1.165, 1.54) is 32.4 Å². The predicted molar refractivity (Wildman–Crippen MR) is 64.4 cm³/mol. The Morgan fingerprint density at radius 1 is 0.750 bits per heavy atom. The molecule has 0 bridgehead atoms. The van der Waals surface area contributed by atoms with Crippen molar-refractivity contribution >= 4 is 0 Å². The lowest BCUT2D eigenvalue weighted by atomic mass is 10.2. The summed E-state index contributed by atoms with van der Waals surface area (Å²) >= 11 is 0. The molecule has 1 aliphatic rings. The van der Waals surface area contributed by atoms with E-state index in [9.17, 15) is 0 Å². The van der Waals surface area contributed by atoms with Crippen molar-refractivity contribution in [3.05, 3.63) is 0 Å². The maximum absolute atomic E-state index is 8.48. The molecule has 0 amide bonds. The van der Waals surface area contributed by atoms with Crippen molar-refractivity contribution in [3.63, 3.8) is 0 Å². The maximum Gasteiger partial charge on any atom is 0.0558 e. The molecular weight excluding hydrogens is 208 g/mol. The average molecular weight is 234 g/mol. The van der Waals surface area contributed by atoms with E-state index < -0.39 is 0 Å². The Morgan fingerprint density at radius 2 is 1.19 bits per heavy atom. The SMILES string of the molecule is C1CCNCC1.OCCN(CCO)CCO. The Balaban J connectivity index is 0.000000315. The normalized spacial score (nSPS) is 15.8. The van der Waals surface area contributed by atoms with E-state index in [1.807, 2.05) is 0 Å². The van der Waals surface area contributed by atoms with Gasteiger partial charge in [-0.15, -0.1) is 0 Å². The van der Waals surface area contributed by atoms with Gasteiger partial charge in [0, 0.05) is 19.6 Å². The highest BCUT2D eigenvalue weighted by molar-refractivity contribution is 4.55.